The number of aliphatic hydroxyl groups excluding tert-OH is 1. The largest absolute Gasteiger partial charge is 0.388 e. The van der Waals surface area contributed by atoms with Gasteiger partial charge in [0.25, 0.3) is 0 Å². The zero-order valence-corrected chi connectivity index (χ0v) is 9.70. The second-order valence-electron chi connectivity index (χ2n) is 4.09. The molecule has 0 heterocycles. The lowest BCUT2D eigenvalue weighted by atomic mass is 10.0. The molecule has 0 aromatic heterocycles. The van der Waals surface area contributed by atoms with E-state index in [-0.39, 0.29) is 6.10 Å². The first kappa shape index (κ1) is 10.2. The number of aliphatic hydroxyl groups is 1. The third-order valence-electron chi connectivity index (χ3n) is 2.80. The van der Waals surface area contributed by atoms with E-state index >= 15 is 0 Å². The summed E-state index contributed by atoms with van der Waals surface area (Å²) < 4.78 is 1.07. The SMILES string of the molecule is OC(CCC1CC1)c1ccc(Br)cc1. The summed E-state index contributed by atoms with van der Waals surface area (Å²) in [6.45, 7) is 0. The van der Waals surface area contributed by atoms with Crippen molar-refractivity contribution in [3.8, 4) is 0 Å². The van der Waals surface area contributed by atoms with Crippen molar-refractivity contribution in [1.29, 1.82) is 0 Å². The van der Waals surface area contributed by atoms with E-state index in [1.165, 1.54) is 19.3 Å². The van der Waals surface area contributed by atoms with Crippen LogP contribution >= 0.6 is 15.9 Å². The Morgan fingerprint density at radius 2 is 1.93 bits per heavy atom. The van der Waals surface area contributed by atoms with E-state index in [9.17, 15) is 5.11 Å². The highest BCUT2D eigenvalue weighted by Gasteiger charge is 2.22. The predicted octanol–water partition coefficient (Wildman–Crippen LogP) is 3.67. The lowest BCUT2D eigenvalue weighted by Crippen LogP contribution is -1.97. The van der Waals surface area contributed by atoms with Crippen LogP contribution in [-0.4, -0.2) is 5.11 Å². The van der Waals surface area contributed by atoms with Gasteiger partial charge in [-0.2, -0.15) is 0 Å². The van der Waals surface area contributed by atoms with Gasteiger partial charge in [0.15, 0.2) is 0 Å². The molecule has 1 aromatic carbocycles. The number of hydrogen-bond donors (Lipinski definition) is 1. The minimum Gasteiger partial charge on any atom is -0.388 e. The maximum absolute atomic E-state index is 9.87. The van der Waals surface area contributed by atoms with Gasteiger partial charge in [-0.05, 0) is 36.5 Å². The summed E-state index contributed by atoms with van der Waals surface area (Å²) in [5, 5.41) is 9.87. The van der Waals surface area contributed by atoms with Gasteiger partial charge >= 0.3 is 0 Å². The maximum atomic E-state index is 9.87. The van der Waals surface area contributed by atoms with Gasteiger partial charge in [-0.25, -0.2) is 0 Å². The number of hydrogen-bond acceptors (Lipinski definition) is 1. The van der Waals surface area contributed by atoms with Crippen molar-refractivity contribution < 1.29 is 5.11 Å². The van der Waals surface area contributed by atoms with Crippen molar-refractivity contribution in [2.45, 2.75) is 31.8 Å². The average Bonchev–Trinajstić information content (AvgIpc) is 2.99. The summed E-state index contributed by atoms with van der Waals surface area (Å²) in [7, 11) is 0. The molecule has 1 saturated carbocycles. The van der Waals surface area contributed by atoms with Gasteiger partial charge in [-0.15, -0.1) is 0 Å². The van der Waals surface area contributed by atoms with Gasteiger partial charge in [0.05, 0.1) is 6.10 Å². The normalized spacial score (nSPS) is 18.1. The second kappa shape index (κ2) is 4.45. The summed E-state index contributed by atoms with van der Waals surface area (Å²) in [6, 6.07) is 7.94. The lowest BCUT2D eigenvalue weighted by Gasteiger charge is -2.10. The van der Waals surface area contributed by atoms with Crippen molar-refractivity contribution in [3.63, 3.8) is 0 Å². The number of halogens is 1. The molecule has 1 aliphatic rings. The highest BCUT2D eigenvalue weighted by atomic mass is 79.9. The molecular weight excluding hydrogens is 240 g/mol. The Balaban J connectivity index is 1.88. The molecule has 1 atom stereocenters. The van der Waals surface area contributed by atoms with Gasteiger partial charge in [-0.1, -0.05) is 40.9 Å². The van der Waals surface area contributed by atoms with Crippen molar-refractivity contribution >= 4 is 15.9 Å². The fourth-order valence-corrected chi connectivity index (χ4v) is 1.92. The number of rotatable bonds is 4. The minimum absolute atomic E-state index is 0.274. The van der Waals surface area contributed by atoms with Crippen LogP contribution in [0.3, 0.4) is 0 Å². The minimum atomic E-state index is -0.274. The van der Waals surface area contributed by atoms with E-state index in [1.807, 2.05) is 24.3 Å². The van der Waals surface area contributed by atoms with Crippen LogP contribution in [-0.2, 0) is 0 Å². The molecule has 0 amide bonds. The number of benzene rings is 1. The van der Waals surface area contributed by atoms with Crippen LogP contribution in [0, 0.1) is 5.92 Å². The third kappa shape index (κ3) is 2.82. The Morgan fingerprint density at radius 3 is 2.50 bits per heavy atom. The first-order valence-corrected chi connectivity index (χ1v) is 5.98. The second-order valence-corrected chi connectivity index (χ2v) is 5.00. The summed E-state index contributed by atoms with van der Waals surface area (Å²) in [6.07, 6.45) is 4.55. The Labute approximate surface area is 93.3 Å². The van der Waals surface area contributed by atoms with E-state index in [4.69, 9.17) is 0 Å². The molecule has 0 saturated heterocycles. The van der Waals surface area contributed by atoms with E-state index < -0.39 is 0 Å². The van der Waals surface area contributed by atoms with E-state index in [0.717, 1.165) is 22.4 Å². The quantitative estimate of drug-likeness (QED) is 0.870. The van der Waals surface area contributed by atoms with Crippen LogP contribution in [0.1, 0.15) is 37.4 Å². The molecule has 0 spiro atoms. The molecule has 2 heteroatoms. The Hall–Kier alpha value is -0.340. The average molecular weight is 255 g/mol. The van der Waals surface area contributed by atoms with Crippen molar-refractivity contribution in [2.75, 3.05) is 0 Å². The van der Waals surface area contributed by atoms with Crippen LogP contribution in [0.15, 0.2) is 28.7 Å². The molecule has 76 valence electrons. The maximum Gasteiger partial charge on any atom is 0.0790 e. The lowest BCUT2D eigenvalue weighted by molar-refractivity contribution is 0.162. The van der Waals surface area contributed by atoms with Crippen LogP contribution in [0.25, 0.3) is 0 Å². The fourth-order valence-electron chi connectivity index (χ4n) is 1.65. The fraction of sp³-hybridized carbons (Fsp3) is 0.500. The first-order chi connectivity index (χ1) is 6.75. The Morgan fingerprint density at radius 1 is 1.29 bits per heavy atom. The summed E-state index contributed by atoms with van der Waals surface area (Å²) in [5.41, 5.74) is 1.04. The highest BCUT2D eigenvalue weighted by Crippen LogP contribution is 2.35. The third-order valence-corrected chi connectivity index (χ3v) is 3.33. The van der Waals surface area contributed by atoms with Crippen molar-refractivity contribution in [3.05, 3.63) is 34.3 Å². The molecule has 0 radical (unpaired) electrons. The van der Waals surface area contributed by atoms with Crippen LogP contribution in [0.4, 0.5) is 0 Å². The molecule has 1 aromatic rings. The van der Waals surface area contributed by atoms with Crippen molar-refractivity contribution in [2.24, 2.45) is 5.92 Å². The molecule has 1 unspecified atom stereocenters. The van der Waals surface area contributed by atoms with E-state index in [0.29, 0.717) is 0 Å². The standard InChI is InChI=1S/C12H15BrO/c13-11-6-4-10(5-7-11)12(14)8-3-9-1-2-9/h4-7,9,12,14H,1-3,8H2. The molecule has 1 nitrogen and oxygen atoms in total. The van der Waals surface area contributed by atoms with Gasteiger partial charge < -0.3 is 5.11 Å². The molecular formula is C12H15BrO. The zero-order valence-electron chi connectivity index (χ0n) is 8.12. The van der Waals surface area contributed by atoms with Gasteiger partial charge in [0, 0.05) is 4.47 Å². The molecule has 1 N–H and O–H groups in total. The predicted molar refractivity (Wildman–Crippen MR) is 61.1 cm³/mol. The Kier molecular flexibility index (Phi) is 3.24. The highest BCUT2D eigenvalue weighted by molar-refractivity contribution is 9.10. The van der Waals surface area contributed by atoms with Crippen LogP contribution in [0.5, 0.6) is 0 Å². The van der Waals surface area contributed by atoms with Gasteiger partial charge in [-0.3, -0.25) is 0 Å². The molecule has 0 aliphatic heterocycles. The van der Waals surface area contributed by atoms with Gasteiger partial charge in [0.2, 0.25) is 0 Å². The first-order valence-electron chi connectivity index (χ1n) is 5.19. The molecule has 14 heavy (non-hydrogen) atoms. The smallest absolute Gasteiger partial charge is 0.0790 e. The van der Waals surface area contributed by atoms with Crippen LogP contribution in [0.2, 0.25) is 0 Å². The topological polar surface area (TPSA) is 20.2 Å². The van der Waals surface area contributed by atoms with Crippen molar-refractivity contribution in [1.82, 2.24) is 0 Å². The zero-order chi connectivity index (χ0) is 9.97. The molecule has 2 rings (SSSR count). The molecule has 1 fully saturated rings. The summed E-state index contributed by atoms with van der Waals surface area (Å²) in [5.74, 6) is 0.903. The monoisotopic (exact) mass is 254 g/mol. The molecule has 1 aliphatic carbocycles. The van der Waals surface area contributed by atoms with E-state index in [1.54, 1.807) is 0 Å². The Bertz CT molecular complexity index is 290. The summed E-state index contributed by atoms with van der Waals surface area (Å²) in [4.78, 5) is 0. The van der Waals surface area contributed by atoms with E-state index in [2.05, 4.69) is 15.9 Å². The summed E-state index contributed by atoms with van der Waals surface area (Å²) >= 11 is 3.39. The van der Waals surface area contributed by atoms with Gasteiger partial charge in [0.1, 0.15) is 0 Å². The van der Waals surface area contributed by atoms with Crippen LogP contribution < -0.4 is 0 Å². The molecule has 0 bridgehead atoms.